The molecule has 4 nitrogen and oxygen atoms in total. The molecule has 8 rings (SSSR count). The van der Waals surface area contributed by atoms with E-state index >= 15 is 0 Å². The Kier molecular flexibility index (Phi) is 26.8. The van der Waals surface area contributed by atoms with Gasteiger partial charge in [0.05, 0.1) is 0 Å². The van der Waals surface area contributed by atoms with Crippen LogP contribution in [0.3, 0.4) is 0 Å². The predicted octanol–water partition coefficient (Wildman–Crippen LogP) is 25.3. The number of benzene rings is 1. The average Bonchev–Trinajstić information content (AvgIpc) is 1.95. The average molecular weight is 1410 g/mol. The van der Waals surface area contributed by atoms with Crippen LogP contribution in [-0.2, 0) is 25.9 Å². The van der Waals surface area contributed by atoms with Crippen molar-refractivity contribution >= 4 is 172 Å². The van der Waals surface area contributed by atoms with E-state index in [-0.39, 0.29) is 0 Å². The van der Waals surface area contributed by atoms with Gasteiger partial charge in [0, 0.05) is 0 Å². The molecule has 7 heterocycles. The fraction of sp³-hybridized carbons (Fsp3) is 0.743. The van der Waals surface area contributed by atoms with Crippen molar-refractivity contribution in [1.82, 2.24) is 17.9 Å². The number of thiophene rings is 4. The molecule has 2 atom stereocenters. The van der Waals surface area contributed by atoms with Crippen molar-refractivity contribution in [3.8, 4) is 0 Å². The third-order valence-electron chi connectivity index (χ3n) is 18.5. The Morgan fingerprint density at radius 1 is 0.333 bits per heavy atom. The van der Waals surface area contributed by atoms with E-state index in [0.717, 1.165) is 13.1 Å². The summed E-state index contributed by atoms with van der Waals surface area (Å²) < 4.78 is 30.4. The second-order valence-electron chi connectivity index (χ2n) is 27.7. The Morgan fingerprint density at radius 2 is 0.642 bits per heavy atom. The van der Waals surface area contributed by atoms with Crippen LogP contribution in [-0.4, -0.2) is 54.6 Å². The van der Waals surface area contributed by atoms with Crippen LogP contribution in [0.1, 0.15) is 271 Å². The number of fused-ring (bicyclic) bond motifs is 14. The first-order chi connectivity index (χ1) is 39.3. The molecule has 2 unspecified atom stereocenters. The molecule has 0 saturated heterocycles. The molecule has 0 spiro atoms. The topological polar surface area (TPSA) is 35.6 Å². The molecule has 7 aromatic heterocycles. The van der Waals surface area contributed by atoms with Gasteiger partial charge in [0.25, 0.3) is 0 Å². The van der Waals surface area contributed by atoms with Crippen molar-refractivity contribution in [3.63, 3.8) is 0 Å². The maximum absolute atomic E-state index is 5.51. The molecule has 0 radical (unpaired) electrons. The summed E-state index contributed by atoms with van der Waals surface area (Å²) >= 11 is 5.35. The van der Waals surface area contributed by atoms with Gasteiger partial charge in [-0.1, -0.05) is 27.7 Å². The summed E-state index contributed by atoms with van der Waals surface area (Å²) in [5.74, 6) is 1.32. The Morgan fingerprint density at radius 3 is 0.975 bits per heavy atom. The molecule has 8 aromatic rings. The molecule has 0 aliphatic rings. The van der Waals surface area contributed by atoms with Crippen molar-refractivity contribution in [2.24, 2.45) is 11.8 Å². The molecule has 452 valence electrons. The normalized spacial score (nSPS) is 13.7. The molecular weight excluding hydrogens is 1290 g/mol. The summed E-state index contributed by atoms with van der Waals surface area (Å²) in [7, 11) is 0. The van der Waals surface area contributed by atoms with Gasteiger partial charge in [0.15, 0.2) is 0 Å². The summed E-state index contributed by atoms with van der Waals surface area (Å²) in [6.07, 6.45) is 48.8. The summed E-state index contributed by atoms with van der Waals surface area (Å²) in [6.45, 7) is 16.5. The van der Waals surface area contributed by atoms with Gasteiger partial charge >= 0.3 is 500 Å². The van der Waals surface area contributed by atoms with Crippen LogP contribution in [0.25, 0.3) is 72.1 Å². The van der Waals surface area contributed by atoms with E-state index in [1.54, 1.807) is 41.0 Å². The SMILES string of the molecule is CCCCCCCCCCCc1[c]([Sn]([CH3])([CH3])[CH3])sc2c1sc1c3c4nsnc4c4c5sc6c(CCCCCCCCCCC)[c]([Sn]([CH3])([CH3])[CH3])sc6c5n(CC(CCCC)CCCCCC)c4c3n(CC(CCCC)CCCCCC)c21. The summed E-state index contributed by atoms with van der Waals surface area (Å²) in [5, 5.41) is 2.90. The van der Waals surface area contributed by atoms with Crippen molar-refractivity contribution in [1.29, 1.82) is 0 Å². The summed E-state index contributed by atoms with van der Waals surface area (Å²) in [6, 6.07) is 0. The van der Waals surface area contributed by atoms with Gasteiger partial charge in [0.2, 0.25) is 0 Å². The minimum absolute atomic E-state index is 0.660. The van der Waals surface area contributed by atoms with Crippen LogP contribution in [0.2, 0.25) is 29.6 Å². The molecule has 11 heteroatoms. The van der Waals surface area contributed by atoms with Crippen molar-refractivity contribution in [2.75, 3.05) is 0 Å². The molecule has 0 bridgehead atoms. The number of hydrogen-bond donors (Lipinski definition) is 0. The van der Waals surface area contributed by atoms with Crippen LogP contribution in [0.5, 0.6) is 0 Å². The second kappa shape index (κ2) is 32.7. The minimum atomic E-state index is -2.54. The molecular formula is C70H114N4S5Sn2. The molecule has 0 N–H and O–H groups in total. The third-order valence-corrected chi connectivity index (χ3v) is 43.4. The molecule has 0 fully saturated rings. The molecule has 81 heavy (non-hydrogen) atoms. The van der Waals surface area contributed by atoms with Gasteiger partial charge in [-0.2, -0.15) is 0 Å². The van der Waals surface area contributed by atoms with E-state index in [9.17, 15) is 0 Å². The van der Waals surface area contributed by atoms with Crippen LogP contribution >= 0.6 is 57.1 Å². The number of rotatable bonds is 42. The number of aryl methyl sites for hydroxylation is 2. The summed E-state index contributed by atoms with van der Waals surface area (Å²) in [4.78, 5) is 16.3. The predicted molar refractivity (Wildman–Crippen MR) is 381 cm³/mol. The number of unbranched alkanes of at least 4 members (excludes halogenated alkanes) is 24. The van der Waals surface area contributed by atoms with E-state index in [0.29, 0.717) is 11.8 Å². The first-order valence-electron chi connectivity index (χ1n) is 34.4. The van der Waals surface area contributed by atoms with Gasteiger partial charge in [-0.15, -0.1) is 0 Å². The Hall–Kier alpha value is -0.443. The van der Waals surface area contributed by atoms with Crippen molar-refractivity contribution in [2.45, 2.75) is 315 Å². The fourth-order valence-corrected chi connectivity index (χ4v) is 34.8. The molecule has 1 aromatic carbocycles. The van der Waals surface area contributed by atoms with Crippen LogP contribution in [0, 0.1) is 11.8 Å². The van der Waals surface area contributed by atoms with Gasteiger partial charge < -0.3 is 0 Å². The van der Waals surface area contributed by atoms with Gasteiger partial charge in [0.1, 0.15) is 0 Å². The quantitative estimate of drug-likeness (QED) is 0.0282. The number of aromatic nitrogens is 4. The third kappa shape index (κ3) is 16.3. The molecule has 0 saturated carbocycles. The Balaban J connectivity index is 1.38. The van der Waals surface area contributed by atoms with Gasteiger partial charge in [-0.05, 0) is 0 Å². The van der Waals surface area contributed by atoms with E-state index in [2.05, 4.69) is 126 Å². The van der Waals surface area contributed by atoms with Crippen molar-refractivity contribution in [3.05, 3.63) is 11.1 Å². The zero-order valence-electron chi connectivity index (χ0n) is 53.9. The summed E-state index contributed by atoms with van der Waals surface area (Å²) in [5.41, 5.74) is 12.1. The number of nitrogens with zero attached hydrogens (tertiary/aromatic N) is 4. The van der Waals surface area contributed by atoms with Gasteiger partial charge in [-0.3, -0.25) is 0 Å². The first kappa shape index (κ1) is 66.5. The first-order valence-corrected chi connectivity index (χ1v) is 58.3. The van der Waals surface area contributed by atoms with E-state index in [1.165, 1.54) is 285 Å². The Bertz CT molecular complexity index is 2950. The molecule has 0 aliphatic carbocycles. The molecule has 0 aliphatic heterocycles. The van der Waals surface area contributed by atoms with Crippen LogP contribution in [0.15, 0.2) is 0 Å². The van der Waals surface area contributed by atoms with Crippen LogP contribution in [0.4, 0.5) is 0 Å². The second-order valence-corrected chi connectivity index (χ2v) is 62.9. The van der Waals surface area contributed by atoms with E-state index in [4.69, 9.17) is 8.75 Å². The molecule has 0 amide bonds. The maximum atomic E-state index is 5.51. The van der Waals surface area contributed by atoms with Gasteiger partial charge in [-0.25, -0.2) is 0 Å². The van der Waals surface area contributed by atoms with E-state index < -0.39 is 36.8 Å². The van der Waals surface area contributed by atoms with Crippen molar-refractivity contribution < 1.29 is 0 Å². The Labute approximate surface area is 522 Å². The van der Waals surface area contributed by atoms with E-state index in [1.807, 2.05) is 5.79 Å². The monoisotopic (exact) mass is 1410 g/mol. The van der Waals surface area contributed by atoms with Crippen LogP contribution < -0.4 is 5.79 Å². The standard InChI is InChI=1S/C64H96N4S5.6CH3.2Sn/c1-7-13-19-23-25-27-29-31-35-41-49-45-69-63-57-61(71-59(49)63)51-53-54(66-73-65-53)52-56(55(51)67(57)43-47(37-17-11-5)39-33-21-15-9-3)68(44-48(38-18-12-6)40-34-22-16-10-4)58-62(52)72-60-50(46-70-64(58)60)42-36-32-30-28-26-24-20-14-8-2;;;;;;;;/h47-48H,7-44H2,1-6H3;6*1H3;;. The zero-order chi connectivity index (χ0) is 57.5. The number of hydrogen-bond acceptors (Lipinski definition) is 7. The fourth-order valence-electron chi connectivity index (χ4n) is 14.1. The zero-order valence-corrected chi connectivity index (χ0v) is 63.6.